The van der Waals surface area contributed by atoms with Crippen LogP contribution in [0.2, 0.25) is 0 Å². The number of carbonyl (C=O) groups excluding carboxylic acids is 3. The Hall–Kier alpha value is -2.71. The molecule has 2 unspecified atom stereocenters. The Kier molecular flexibility index (Phi) is 42.0. The van der Waals surface area contributed by atoms with Gasteiger partial charge in [-0.05, 0) is 38.5 Å². The predicted molar refractivity (Wildman–Crippen MR) is 254 cm³/mol. The van der Waals surface area contributed by atoms with E-state index in [1.165, 1.54) is 122 Å². The number of allylic oxidation sites excluding steroid dienone is 8. The van der Waals surface area contributed by atoms with E-state index >= 15 is 0 Å². The zero-order chi connectivity index (χ0) is 44.9. The van der Waals surface area contributed by atoms with E-state index in [1.807, 2.05) is 0 Å². The van der Waals surface area contributed by atoms with Crippen molar-refractivity contribution >= 4 is 17.9 Å². The minimum atomic E-state index is -1.13. The maximum atomic E-state index is 12.8. The summed E-state index contributed by atoms with van der Waals surface area (Å²) in [6.07, 6.45) is 52.8. The van der Waals surface area contributed by atoms with Crippen molar-refractivity contribution in [1.82, 2.24) is 0 Å². The van der Waals surface area contributed by atoms with Crippen molar-refractivity contribution in [3.63, 3.8) is 0 Å². The Morgan fingerprint density at radius 3 is 1.31 bits per heavy atom. The van der Waals surface area contributed by atoms with Gasteiger partial charge in [0.05, 0.1) is 40.3 Å². The van der Waals surface area contributed by atoms with E-state index < -0.39 is 18.1 Å². The Morgan fingerprint density at radius 1 is 0.492 bits per heavy atom. The number of hydrogen-bond acceptors (Lipinski definition) is 7. The number of ether oxygens (including phenoxy) is 3. The van der Waals surface area contributed by atoms with Gasteiger partial charge in [-0.2, -0.15) is 0 Å². The molecule has 0 fully saturated rings. The van der Waals surface area contributed by atoms with Gasteiger partial charge in [0.25, 0.3) is 0 Å². The number of esters is 2. The maximum Gasteiger partial charge on any atom is 0.306 e. The molecule has 0 aromatic carbocycles. The molecule has 0 radical (unpaired) electrons. The van der Waals surface area contributed by atoms with Crippen LogP contribution in [-0.4, -0.2) is 75.5 Å². The smallest absolute Gasteiger partial charge is 0.306 e. The van der Waals surface area contributed by atoms with E-state index in [0.29, 0.717) is 12.8 Å². The Bertz CT molecular complexity index is 1140. The van der Waals surface area contributed by atoms with Crippen LogP contribution in [0.4, 0.5) is 0 Å². The van der Waals surface area contributed by atoms with E-state index in [0.717, 1.165) is 64.2 Å². The first-order valence-corrected chi connectivity index (χ1v) is 25.2. The summed E-state index contributed by atoms with van der Waals surface area (Å²) in [7, 11) is 5.41. The molecule has 0 rings (SSSR count). The fraction of sp³-hybridized carbons (Fsp3) is 0.792. The lowest BCUT2D eigenvalue weighted by molar-refractivity contribution is -0.889. The van der Waals surface area contributed by atoms with E-state index in [-0.39, 0.29) is 42.7 Å². The van der Waals surface area contributed by atoms with Crippen LogP contribution < -0.4 is 5.11 Å². The molecule has 2 atom stereocenters. The van der Waals surface area contributed by atoms with Gasteiger partial charge in [-0.25, -0.2) is 0 Å². The topological polar surface area (TPSA) is 102 Å². The summed E-state index contributed by atoms with van der Waals surface area (Å²) in [4.78, 5) is 37.0. The van der Waals surface area contributed by atoms with Crippen LogP contribution in [0, 0.1) is 0 Å². The summed E-state index contributed by atoms with van der Waals surface area (Å²) in [5.41, 5.74) is 0. The quantitative estimate of drug-likeness (QED) is 0.0260. The highest BCUT2D eigenvalue weighted by Gasteiger charge is 2.25. The normalized spacial score (nSPS) is 13.3. The number of nitrogens with zero attached hydrogens (tertiary/aromatic N) is 1. The van der Waals surface area contributed by atoms with E-state index in [4.69, 9.17) is 14.2 Å². The van der Waals surface area contributed by atoms with Gasteiger partial charge >= 0.3 is 11.9 Å². The molecule has 0 saturated carbocycles. The highest BCUT2D eigenvalue weighted by molar-refractivity contribution is 5.70. The molecule has 0 aromatic rings. The molecule has 0 bridgehead atoms. The van der Waals surface area contributed by atoms with Crippen LogP contribution in [0.1, 0.15) is 219 Å². The van der Waals surface area contributed by atoms with Crippen molar-refractivity contribution in [3.05, 3.63) is 48.6 Å². The lowest BCUT2D eigenvalue weighted by Crippen LogP contribution is -2.55. The van der Waals surface area contributed by atoms with Crippen molar-refractivity contribution in [3.8, 4) is 0 Å². The van der Waals surface area contributed by atoms with Crippen LogP contribution in [0.25, 0.3) is 0 Å². The summed E-state index contributed by atoms with van der Waals surface area (Å²) < 4.78 is 17.2. The van der Waals surface area contributed by atoms with Gasteiger partial charge in [-0.15, -0.1) is 0 Å². The summed E-state index contributed by atoms with van der Waals surface area (Å²) >= 11 is 0. The van der Waals surface area contributed by atoms with Gasteiger partial charge in [0, 0.05) is 19.3 Å². The Balaban J connectivity index is 4.29. The first-order valence-electron chi connectivity index (χ1n) is 25.2. The molecule has 0 amide bonds. The fourth-order valence-corrected chi connectivity index (χ4v) is 7.38. The average Bonchev–Trinajstić information content (AvgIpc) is 3.22. The molecule has 0 aromatic heterocycles. The van der Waals surface area contributed by atoms with Crippen molar-refractivity contribution in [2.45, 2.75) is 231 Å². The SMILES string of the molecule is CCCCC/C=C/C=C/C=C/C=C/CCCCCCCC(=O)OC(COCCC(C(=O)[O-])[N+](C)(C)C)COC(=O)CCCCCCCCCCCCCCCCCCCCC. The Labute approximate surface area is 376 Å². The number of hydrogen-bond donors (Lipinski definition) is 0. The first kappa shape index (κ1) is 58.3. The number of rotatable bonds is 45. The van der Waals surface area contributed by atoms with Crippen molar-refractivity contribution < 1.29 is 38.2 Å². The highest BCUT2D eigenvalue weighted by atomic mass is 16.6. The molecular formula is C53H95NO7. The van der Waals surface area contributed by atoms with Crippen LogP contribution >= 0.6 is 0 Å². The number of aliphatic carboxylic acids is 1. The summed E-state index contributed by atoms with van der Waals surface area (Å²) in [6, 6.07) is -0.731. The van der Waals surface area contributed by atoms with E-state index in [9.17, 15) is 19.5 Å². The molecule has 0 saturated heterocycles. The van der Waals surface area contributed by atoms with Crippen molar-refractivity contribution in [2.75, 3.05) is 41.0 Å². The summed E-state index contributed by atoms with van der Waals surface area (Å²) in [6.45, 7) is 4.62. The molecule has 0 spiro atoms. The standard InChI is InChI=1S/C53H95NO7/c1-6-8-10-12-14-16-18-20-22-24-26-28-29-31-33-35-37-39-41-43-51(55)60-48-49(47-59-46-45-50(53(57)58)54(3,4)5)61-52(56)44-42-40-38-36-34-32-30-27-25-23-21-19-17-15-13-11-9-7-2/h15,17,19,21,23,25,27,30,49-50H,6-14,16,18,20,22,24,26,28-29,31-48H2,1-5H3/b17-15+,21-19+,25-23+,30-27+. The number of carbonyl (C=O) groups is 3. The van der Waals surface area contributed by atoms with Gasteiger partial charge in [0.1, 0.15) is 12.6 Å². The van der Waals surface area contributed by atoms with Gasteiger partial charge in [0.15, 0.2) is 6.10 Å². The number of carboxylic acids is 1. The lowest BCUT2D eigenvalue weighted by atomic mass is 10.0. The lowest BCUT2D eigenvalue weighted by Gasteiger charge is -2.34. The Morgan fingerprint density at radius 2 is 0.869 bits per heavy atom. The third kappa shape index (κ3) is 42.4. The molecule has 8 nitrogen and oxygen atoms in total. The summed E-state index contributed by atoms with van der Waals surface area (Å²) in [5.74, 6) is -1.76. The average molecular weight is 858 g/mol. The largest absolute Gasteiger partial charge is 0.544 e. The molecule has 0 heterocycles. The highest BCUT2D eigenvalue weighted by Crippen LogP contribution is 2.16. The van der Waals surface area contributed by atoms with Crippen LogP contribution in [-0.2, 0) is 28.6 Å². The second-order valence-corrected chi connectivity index (χ2v) is 18.2. The molecule has 61 heavy (non-hydrogen) atoms. The maximum absolute atomic E-state index is 12.8. The van der Waals surface area contributed by atoms with E-state index in [1.54, 1.807) is 21.1 Å². The molecule has 0 aliphatic rings. The number of carboxylic acid groups (broad SMARTS) is 1. The van der Waals surface area contributed by atoms with Crippen LogP contribution in [0.15, 0.2) is 48.6 Å². The number of quaternary nitrogens is 1. The molecule has 0 N–H and O–H groups in total. The van der Waals surface area contributed by atoms with Gasteiger partial charge in [0.2, 0.25) is 0 Å². The van der Waals surface area contributed by atoms with Crippen molar-refractivity contribution in [2.24, 2.45) is 0 Å². The molecule has 0 aliphatic carbocycles. The van der Waals surface area contributed by atoms with Gasteiger partial charge in [-0.3, -0.25) is 9.59 Å². The monoisotopic (exact) mass is 858 g/mol. The predicted octanol–water partition coefficient (Wildman–Crippen LogP) is 13.0. The minimum Gasteiger partial charge on any atom is -0.544 e. The third-order valence-corrected chi connectivity index (χ3v) is 11.3. The zero-order valence-electron chi connectivity index (χ0n) is 40.3. The second kappa shape index (κ2) is 43.9. The molecular weight excluding hydrogens is 763 g/mol. The first-order chi connectivity index (χ1) is 29.6. The third-order valence-electron chi connectivity index (χ3n) is 11.3. The summed E-state index contributed by atoms with van der Waals surface area (Å²) in [5, 5.41) is 11.7. The fourth-order valence-electron chi connectivity index (χ4n) is 7.38. The van der Waals surface area contributed by atoms with Crippen molar-refractivity contribution in [1.29, 1.82) is 0 Å². The number of likely N-dealkylation sites (N-methyl/N-ethyl adjacent to an activating group) is 1. The van der Waals surface area contributed by atoms with Gasteiger partial charge < -0.3 is 28.6 Å². The number of unbranched alkanes of at least 4 members (excludes halogenated alkanes) is 26. The van der Waals surface area contributed by atoms with Gasteiger partial charge in [-0.1, -0.05) is 210 Å². The van der Waals surface area contributed by atoms with E-state index in [2.05, 4.69) is 62.5 Å². The van der Waals surface area contributed by atoms with Crippen LogP contribution in [0.5, 0.6) is 0 Å². The molecule has 354 valence electrons. The minimum absolute atomic E-state index is 0.0321. The molecule has 0 aliphatic heterocycles. The second-order valence-electron chi connectivity index (χ2n) is 18.2. The zero-order valence-corrected chi connectivity index (χ0v) is 40.3. The molecule has 8 heteroatoms. The van der Waals surface area contributed by atoms with Crippen LogP contribution in [0.3, 0.4) is 0 Å².